The zero-order chi connectivity index (χ0) is 15.8. The summed E-state index contributed by atoms with van der Waals surface area (Å²) >= 11 is 3.82. The molecule has 0 heterocycles. The van der Waals surface area contributed by atoms with Gasteiger partial charge in [-0.25, -0.2) is 13.2 Å². The standard InChI is InChI=1S/C14H9F5OS/c1-7-4-10(16)13(11(17)5-7)14(18,19)20-12-3-2-8(21)6-9(12)15/h2-6,21H,1H3. The predicted molar refractivity (Wildman–Crippen MR) is 69.3 cm³/mol. The van der Waals surface area contributed by atoms with Gasteiger partial charge in [-0.15, -0.1) is 12.6 Å². The van der Waals surface area contributed by atoms with Crippen molar-refractivity contribution in [2.24, 2.45) is 0 Å². The maximum atomic E-state index is 13.9. The van der Waals surface area contributed by atoms with Crippen molar-refractivity contribution in [3.05, 3.63) is 58.9 Å². The van der Waals surface area contributed by atoms with E-state index in [1.54, 1.807) is 0 Å². The second-order valence-electron chi connectivity index (χ2n) is 4.34. The number of hydrogen-bond donors (Lipinski definition) is 1. The van der Waals surface area contributed by atoms with Crippen LogP contribution in [0, 0.1) is 24.4 Å². The predicted octanol–water partition coefficient (Wildman–Crippen LogP) is 4.83. The zero-order valence-corrected chi connectivity index (χ0v) is 11.5. The fraction of sp³-hybridized carbons (Fsp3) is 0.143. The number of thiol groups is 1. The highest BCUT2D eigenvalue weighted by atomic mass is 32.1. The van der Waals surface area contributed by atoms with Crippen molar-refractivity contribution in [1.29, 1.82) is 0 Å². The summed E-state index contributed by atoms with van der Waals surface area (Å²) in [5, 5.41) is 0. The Hall–Kier alpha value is -1.76. The number of hydrogen-bond acceptors (Lipinski definition) is 2. The van der Waals surface area contributed by atoms with Gasteiger partial charge < -0.3 is 4.74 Å². The van der Waals surface area contributed by atoms with E-state index >= 15 is 0 Å². The number of benzene rings is 2. The van der Waals surface area contributed by atoms with Gasteiger partial charge in [-0.1, -0.05) is 0 Å². The van der Waals surface area contributed by atoms with E-state index in [2.05, 4.69) is 17.4 Å². The molecule has 112 valence electrons. The van der Waals surface area contributed by atoms with E-state index in [9.17, 15) is 22.0 Å². The Morgan fingerprint density at radius 1 is 0.952 bits per heavy atom. The molecule has 0 radical (unpaired) electrons. The number of aryl methyl sites for hydroxylation is 1. The molecule has 21 heavy (non-hydrogen) atoms. The van der Waals surface area contributed by atoms with Gasteiger partial charge in [-0.2, -0.15) is 8.78 Å². The molecular formula is C14H9F5OS. The molecule has 0 N–H and O–H groups in total. The second-order valence-corrected chi connectivity index (χ2v) is 4.85. The van der Waals surface area contributed by atoms with Crippen LogP contribution in [0.15, 0.2) is 35.2 Å². The molecule has 0 unspecified atom stereocenters. The number of ether oxygens (including phenoxy) is 1. The first-order valence-electron chi connectivity index (χ1n) is 5.72. The van der Waals surface area contributed by atoms with Crippen LogP contribution in [0.4, 0.5) is 22.0 Å². The zero-order valence-electron chi connectivity index (χ0n) is 10.6. The molecule has 0 saturated carbocycles. The smallest absolute Gasteiger partial charge is 0.426 e. The summed E-state index contributed by atoms with van der Waals surface area (Å²) in [5.41, 5.74) is -1.43. The van der Waals surface area contributed by atoms with Gasteiger partial charge in [0.1, 0.15) is 17.2 Å². The van der Waals surface area contributed by atoms with Crippen LogP contribution >= 0.6 is 12.6 Å². The molecule has 0 fully saturated rings. The molecule has 2 rings (SSSR count). The van der Waals surface area contributed by atoms with Crippen molar-refractivity contribution < 1.29 is 26.7 Å². The average molecular weight is 320 g/mol. The van der Waals surface area contributed by atoms with Crippen molar-refractivity contribution in [1.82, 2.24) is 0 Å². The van der Waals surface area contributed by atoms with Gasteiger partial charge in [-0.3, -0.25) is 0 Å². The first-order valence-corrected chi connectivity index (χ1v) is 6.17. The second kappa shape index (κ2) is 5.55. The minimum atomic E-state index is -4.36. The Labute approximate surface area is 122 Å². The monoisotopic (exact) mass is 320 g/mol. The van der Waals surface area contributed by atoms with Crippen molar-refractivity contribution >= 4 is 12.6 Å². The van der Waals surface area contributed by atoms with Gasteiger partial charge in [0.25, 0.3) is 0 Å². The van der Waals surface area contributed by atoms with E-state index in [4.69, 9.17) is 0 Å². The van der Waals surface area contributed by atoms with Gasteiger partial charge in [0, 0.05) is 4.90 Å². The fourth-order valence-electron chi connectivity index (χ4n) is 1.74. The summed E-state index contributed by atoms with van der Waals surface area (Å²) in [6, 6.07) is 4.43. The average Bonchev–Trinajstić information content (AvgIpc) is 2.30. The van der Waals surface area contributed by atoms with Crippen LogP contribution in [0.5, 0.6) is 5.75 Å². The molecule has 2 aromatic carbocycles. The first-order chi connectivity index (χ1) is 9.70. The minimum absolute atomic E-state index is 0.134. The normalized spacial score (nSPS) is 11.6. The Morgan fingerprint density at radius 2 is 1.52 bits per heavy atom. The van der Waals surface area contributed by atoms with Gasteiger partial charge in [0.05, 0.1) is 0 Å². The van der Waals surface area contributed by atoms with Gasteiger partial charge >= 0.3 is 6.11 Å². The van der Waals surface area contributed by atoms with Crippen LogP contribution in [-0.4, -0.2) is 0 Å². The Balaban J connectivity index is 2.43. The SMILES string of the molecule is Cc1cc(F)c(C(F)(F)Oc2ccc(S)cc2F)c(F)c1. The molecular weight excluding hydrogens is 311 g/mol. The van der Waals surface area contributed by atoms with E-state index in [-0.39, 0.29) is 10.5 Å². The van der Waals surface area contributed by atoms with E-state index in [1.807, 2.05) is 0 Å². The topological polar surface area (TPSA) is 9.23 Å². The summed E-state index contributed by atoms with van der Waals surface area (Å²) < 4.78 is 72.5. The van der Waals surface area contributed by atoms with E-state index in [0.717, 1.165) is 24.3 Å². The summed E-state index contributed by atoms with van der Waals surface area (Å²) in [4.78, 5) is 0.191. The third-order valence-electron chi connectivity index (χ3n) is 2.63. The van der Waals surface area contributed by atoms with Crippen molar-refractivity contribution in [2.45, 2.75) is 17.9 Å². The molecule has 2 aromatic rings. The molecule has 0 spiro atoms. The Morgan fingerprint density at radius 3 is 2.05 bits per heavy atom. The number of alkyl halides is 2. The van der Waals surface area contributed by atoms with Crippen LogP contribution in [0.2, 0.25) is 0 Å². The van der Waals surface area contributed by atoms with Gasteiger partial charge in [0.15, 0.2) is 11.6 Å². The number of halogens is 5. The molecule has 0 bridgehead atoms. The van der Waals surface area contributed by atoms with Crippen LogP contribution in [-0.2, 0) is 6.11 Å². The molecule has 0 aromatic heterocycles. The summed E-state index contributed by atoms with van der Waals surface area (Å²) in [5.74, 6) is -4.89. The summed E-state index contributed by atoms with van der Waals surface area (Å²) in [6.45, 7) is 1.35. The minimum Gasteiger partial charge on any atom is -0.426 e. The Kier molecular flexibility index (Phi) is 4.13. The molecule has 0 saturated heterocycles. The van der Waals surface area contributed by atoms with E-state index in [0.29, 0.717) is 0 Å². The van der Waals surface area contributed by atoms with Crippen molar-refractivity contribution in [2.75, 3.05) is 0 Å². The van der Waals surface area contributed by atoms with Gasteiger partial charge in [0.2, 0.25) is 0 Å². The lowest BCUT2D eigenvalue weighted by molar-refractivity contribution is -0.191. The first kappa shape index (κ1) is 15.6. The maximum Gasteiger partial charge on any atom is 0.432 e. The lowest BCUT2D eigenvalue weighted by Crippen LogP contribution is -2.25. The van der Waals surface area contributed by atoms with Gasteiger partial charge in [-0.05, 0) is 42.8 Å². The maximum absolute atomic E-state index is 13.9. The highest BCUT2D eigenvalue weighted by Crippen LogP contribution is 2.36. The highest BCUT2D eigenvalue weighted by molar-refractivity contribution is 7.80. The molecule has 7 heteroatoms. The quantitative estimate of drug-likeness (QED) is 0.629. The van der Waals surface area contributed by atoms with Crippen molar-refractivity contribution in [3.63, 3.8) is 0 Å². The third-order valence-corrected chi connectivity index (χ3v) is 2.91. The van der Waals surface area contributed by atoms with Crippen molar-refractivity contribution in [3.8, 4) is 5.75 Å². The summed E-state index contributed by atoms with van der Waals surface area (Å²) in [7, 11) is 0. The molecule has 0 aliphatic heterocycles. The Bertz CT molecular complexity index is 664. The van der Waals surface area contributed by atoms with Crippen LogP contribution < -0.4 is 4.74 Å². The molecule has 0 aliphatic carbocycles. The van der Waals surface area contributed by atoms with E-state index < -0.39 is 34.9 Å². The van der Waals surface area contributed by atoms with E-state index in [1.165, 1.54) is 13.0 Å². The van der Waals surface area contributed by atoms with Crippen LogP contribution in [0.1, 0.15) is 11.1 Å². The lowest BCUT2D eigenvalue weighted by atomic mass is 10.1. The molecule has 0 amide bonds. The van der Waals surface area contributed by atoms with Crippen LogP contribution in [0.3, 0.4) is 0 Å². The third kappa shape index (κ3) is 3.29. The summed E-state index contributed by atoms with van der Waals surface area (Å²) in [6.07, 6.45) is -4.36. The number of rotatable bonds is 3. The molecule has 0 aliphatic rings. The molecule has 1 nitrogen and oxygen atoms in total. The lowest BCUT2D eigenvalue weighted by Gasteiger charge is -2.20. The van der Waals surface area contributed by atoms with Crippen LogP contribution in [0.25, 0.3) is 0 Å². The fourth-order valence-corrected chi connectivity index (χ4v) is 1.93. The molecule has 0 atom stereocenters. The highest BCUT2D eigenvalue weighted by Gasteiger charge is 2.41. The largest absolute Gasteiger partial charge is 0.432 e.